The molecule has 2 aliphatic rings. The molecule has 0 aliphatic carbocycles. The van der Waals surface area contributed by atoms with Gasteiger partial charge in [-0.3, -0.25) is 14.7 Å². The van der Waals surface area contributed by atoms with Crippen molar-refractivity contribution >= 4 is 17.8 Å². The van der Waals surface area contributed by atoms with Gasteiger partial charge in [0.05, 0.1) is 0 Å². The minimum Gasteiger partial charge on any atom is -0.475 e. The molecule has 1 aromatic heterocycles. The number of carbonyl (C=O) groups is 3. The summed E-state index contributed by atoms with van der Waals surface area (Å²) >= 11 is 0. The number of pyridine rings is 1. The van der Waals surface area contributed by atoms with Crippen molar-refractivity contribution < 1.29 is 64.1 Å². The molecule has 1 amide bonds. The van der Waals surface area contributed by atoms with Crippen molar-refractivity contribution in [3.05, 3.63) is 30.1 Å². The molecular weight excluding hydrogens is 521 g/mol. The minimum absolute atomic E-state index is 0.286. The Bertz CT molecular complexity index is 853. The Balaban J connectivity index is 0.000000383. The number of fused-ring (bicyclic) bond motifs is 1. The van der Waals surface area contributed by atoms with Crippen LogP contribution >= 0.6 is 0 Å². The van der Waals surface area contributed by atoms with E-state index in [1.165, 1.54) is 4.90 Å². The maximum Gasteiger partial charge on any atom is 0.490 e. The van der Waals surface area contributed by atoms with Crippen LogP contribution in [0.1, 0.15) is 12.0 Å². The second kappa shape index (κ2) is 12.2. The summed E-state index contributed by atoms with van der Waals surface area (Å²) in [5.74, 6) is -5.73. The molecule has 2 fully saturated rings. The number of nitrogens with zero attached hydrogens (tertiary/aromatic N) is 3. The van der Waals surface area contributed by atoms with Gasteiger partial charge in [-0.1, -0.05) is 6.07 Å². The lowest BCUT2D eigenvalue weighted by Gasteiger charge is -2.22. The largest absolute Gasteiger partial charge is 0.490 e. The van der Waals surface area contributed by atoms with Gasteiger partial charge in [-0.15, -0.1) is 0 Å². The number of hydrogen-bond acceptors (Lipinski definition) is 5. The van der Waals surface area contributed by atoms with E-state index in [4.69, 9.17) is 19.8 Å². The van der Waals surface area contributed by atoms with Gasteiger partial charge in [0.15, 0.2) is 0 Å². The van der Waals surface area contributed by atoms with Gasteiger partial charge in [-0.25, -0.2) is 9.59 Å². The molecule has 1 aromatic rings. The summed E-state index contributed by atoms with van der Waals surface area (Å²) in [7, 11) is 0. The third kappa shape index (κ3) is 11.1. The van der Waals surface area contributed by atoms with E-state index in [2.05, 4.69) is 9.88 Å². The smallest absolute Gasteiger partial charge is 0.475 e. The highest BCUT2D eigenvalue weighted by Gasteiger charge is 2.43. The van der Waals surface area contributed by atoms with E-state index in [1.807, 2.05) is 18.3 Å². The lowest BCUT2D eigenvalue weighted by molar-refractivity contribution is -0.193. The fourth-order valence-corrected chi connectivity index (χ4v) is 3.46. The van der Waals surface area contributed by atoms with Crippen LogP contribution in [0.4, 0.5) is 39.5 Å². The Labute approximate surface area is 197 Å². The SMILES string of the molecule is O=C(CC(F)(F)F)N1C[C@H]2CN(Cc3cccnc3)C[C@H]2C1.O=C(O)C(F)(F)F.O=C(O)C(F)(F)F. The number of aliphatic carboxylic acids is 2. The summed E-state index contributed by atoms with van der Waals surface area (Å²) in [6.07, 6.45) is -12.4. The number of amides is 1. The highest BCUT2D eigenvalue weighted by molar-refractivity contribution is 5.77. The van der Waals surface area contributed by atoms with E-state index >= 15 is 0 Å². The second-order valence-corrected chi connectivity index (χ2v) is 7.77. The van der Waals surface area contributed by atoms with Crippen LogP contribution < -0.4 is 0 Å². The lowest BCUT2D eigenvalue weighted by atomic mass is 10.0. The number of likely N-dealkylation sites (tertiary alicyclic amines) is 2. The van der Waals surface area contributed by atoms with Crippen LogP contribution in [0, 0.1) is 11.8 Å². The van der Waals surface area contributed by atoms with Crippen molar-refractivity contribution in [2.75, 3.05) is 26.2 Å². The van der Waals surface area contributed by atoms with Crippen LogP contribution in [0.15, 0.2) is 24.5 Å². The van der Waals surface area contributed by atoms with Gasteiger partial charge < -0.3 is 15.1 Å². The Morgan fingerprint density at radius 3 is 1.64 bits per heavy atom. The Morgan fingerprint density at radius 1 is 0.861 bits per heavy atom. The summed E-state index contributed by atoms with van der Waals surface area (Å²) in [6, 6.07) is 3.91. The predicted molar refractivity (Wildman–Crippen MR) is 101 cm³/mol. The monoisotopic (exact) mass is 541 g/mol. The molecule has 36 heavy (non-hydrogen) atoms. The molecule has 0 aromatic carbocycles. The normalized spacial score (nSPS) is 20.0. The molecule has 204 valence electrons. The maximum absolute atomic E-state index is 12.3. The topological polar surface area (TPSA) is 111 Å². The first-order valence-electron chi connectivity index (χ1n) is 9.85. The number of hydrogen-bond donors (Lipinski definition) is 2. The van der Waals surface area contributed by atoms with Crippen molar-refractivity contribution in [3.63, 3.8) is 0 Å². The number of carboxylic acid groups (broad SMARTS) is 2. The second-order valence-electron chi connectivity index (χ2n) is 7.77. The first-order chi connectivity index (χ1) is 16.3. The van der Waals surface area contributed by atoms with Crippen LogP contribution in [0.5, 0.6) is 0 Å². The standard InChI is InChI=1S/C15H18F3N3O.2C2HF3O2/c16-15(17,18)4-14(22)21-9-12-7-20(8-13(12)10-21)6-11-2-1-3-19-5-11;2*3-2(4,5)1(6)7/h1-3,5,12-13H,4,6-10H2;2*(H,6,7)/t12-,13+;;. The van der Waals surface area contributed by atoms with Gasteiger partial charge in [-0.2, -0.15) is 39.5 Å². The summed E-state index contributed by atoms with van der Waals surface area (Å²) < 4.78 is 100. The van der Waals surface area contributed by atoms with Crippen LogP contribution in [0.25, 0.3) is 0 Å². The number of halogens is 9. The van der Waals surface area contributed by atoms with E-state index in [1.54, 1.807) is 6.20 Å². The van der Waals surface area contributed by atoms with Gasteiger partial charge in [0.25, 0.3) is 0 Å². The van der Waals surface area contributed by atoms with Gasteiger partial charge >= 0.3 is 30.5 Å². The van der Waals surface area contributed by atoms with Crippen LogP contribution in [-0.2, 0) is 20.9 Å². The molecule has 8 nitrogen and oxygen atoms in total. The number of alkyl halides is 9. The zero-order valence-electron chi connectivity index (χ0n) is 18.1. The van der Waals surface area contributed by atoms with Gasteiger partial charge in [0.2, 0.25) is 5.91 Å². The van der Waals surface area contributed by atoms with Crippen molar-refractivity contribution in [2.45, 2.75) is 31.5 Å². The maximum atomic E-state index is 12.3. The fraction of sp³-hybridized carbons (Fsp3) is 0.579. The highest BCUT2D eigenvalue weighted by Crippen LogP contribution is 2.33. The summed E-state index contributed by atoms with van der Waals surface area (Å²) in [6.45, 7) is 3.36. The Hall–Kier alpha value is -3.11. The first kappa shape index (κ1) is 30.9. The predicted octanol–water partition coefficient (Wildman–Crippen LogP) is 3.19. The summed E-state index contributed by atoms with van der Waals surface area (Å²) in [5.41, 5.74) is 1.13. The van der Waals surface area contributed by atoms with E-state index in [0.29, 0.717) is 13.1 Å². The molecule has 17 heteroatoms. The number of carbonyl (C=O) groups excluding carboxylic acids is 1. The first-order valence-corrected chi connectivity index (χ1v) is 9.85. The molecule has 2 N–H and O–H groups in total. The lowest BCUT2D eigenvalue weighted by Crippen LogP contribution is -2.35. The summed E-state index contributed by atoms with van der Waals surface area (Å²) in [5, 5.41) is 14.2. The quantitative estimate of drug-likeness (QED) is 0.566. The third-order valence-corrected chi connectivity index (χ3v) is 4.88. The molecule has 0 spiro atoms. The molecule has 3 rings (SSSR count). The van der Waals surface area contributed by atoms with Crippen LogP contribution in [0.3, 0.4) is 0 Å². The van der Waals surface area contributed by atoms with Crippen molar-refractivity contribution in [1.29, 1.82) is 0 Å². The van der Waals surface area contributed by atoms with Crippen LogP contribution in [-0.4, -0.2) is 87.6 Å². The zero-order valence-corrected chi connectivity index (χ0v) is 18.1. The number of aromatic nitrogens is 1. The molecule has 2 saturated heterocycles. The molecule has 0 saturated carbocycles. The molecule has 3 heterocycles. The Morgan fingerprint density at radius 2 is 1.31 bits per heavy atom. The van der Waals surface area contributed by atoms with Gasteiger partial charge in [0.1, 0.15) is 6.42 Å². The van der Waals surface area contributed by atoms with E-state index in [0.717, 1.165) is 25.2 Å². The summed E-state index contributed by atoms with van der Waals surface area (Å²) in [4.78, 5) is 37.2. The molecule has 2 atom stereocenters. The average molecular weight is 541 g/mol. The molecule has 0 bridgehead atoms. The molecule has 0 unspecified atom stereocenters. The Kier molecular flexibility index (Phi) is 10.5. The minimum atomic E-state index is -5.08. The number of carboxylic acids is 2. The van der Waals surface area contributed by atoms with Crippen molar-refractivity contribution in [1.82, 2.24) is 14.8 Å². The average Bonchev–Trinajstić information content (AvgIpc) is 3.25. The van der Waals surface area contributed by atoms with Crippen LogP contribution in [0.2, 0.25) is 0 Å². The zero-order chi connectivity index (χ0) is 27.9. The van der Waals surface area contributed by atoms with Crippen molar-refractivity contribution in [3.8, 4) is 0 Å². The highest BCUT2D eigenvalue weighted by atomic mass is 19.4. The van der Waals surface area contributed by atoms with E-state index in [9.17, 15) is 44.3 Å². The van der Waals surface area contributed by atoms with Gasteiger partial charge in [-0.05, 0) is 23.5 Å². The number of rotatable bonds is 3. The molecule has 2 aliphatic heterocycles. The third-order valence-electron chi connectivity index (χ3n) is 4.88. The molecule has 0 radical (unpaired) electrons. The van der Waals surface area contributed by atoms with E-state index in [-0.39, 0.29) is 11.8 Å². The van der Waals surface area contributed by atoms with E-state index < -0.39 is 42.8 Å². The fourth-order valence-electron chi connectivity index (χ4n) is 3.46. The van der Waals surface area contributed by atoms with Crippen molar-refractivity contribution in [2.24, 2.45) is 11.8 Å². The molecular formula is C19H20F9N3O5. The van der Waals surface area contributed by atoms with Gasteiger partial charge in [0, 0.05) is 45.1 Å².